The molecule has 20 heavy (non-hydrogen) atoms. The van der Waals surface area contributed by atoms with E-state index in [0.29, 0.717) is 13.0 Å². The van der Waals surface area contributed by atoms with E-state index in [-0.39, 0.29) is 17.9 Å². The number of hydrogen-bond acceptors (Lipinski definition) is 3. The Morgan fingerprint density at radius 3 is 2.75 bits per heavy atom. The molecule has 0 unspecified atom stereocenters. The Balaban J connectivity index is 1.65. The summed E-state index contributed by atoms with van der Waals surface area (Å²) in [6.45, 7) is 6.29. The van der Waals surface area contributed by atoms with Crippen molar-refractivity contribution in [2.45, 2.75) is 51.9 Å². The monoisotopic (exact) mass is 282 g/mol. The van der Waals surface area contributed by atoms with E-state index in [1.165, 1.54) is 25.7 Å². The minimum absolute atomic E-state index is 0.0324. The number of nitrogens with one attached hydrogen (secondary N) is 1. The number of aliphatic hydroxyl groups excluding tert-OH is 1. The third-order valence-electron chi connectivity index (χ3n) is 5.06. The van der Waals surface area contributed by atoms with Crippen molar-refractivity contribution in [3.05, 3.63) is 0 Å². The quantitative estimate of drug-likeness (QED) is 0.781. The maximum absolute atomic E-state index is 12.0. The fourth-order valence-corrected chi connectivity index (χ4v) is 3.64. The Morgan fingerprint density at radius 1 is 1.35 bits per heavy atom. The summed E-state index contributed by atoms with van der Waals surface area (Å²) in [5.41, 5.74) is -0.0324. The fourth-order valence-electron chi connectivity index (χ4n) is 3.64. The molecule has 0 aromatic rings. The maximum atomic E-state index is 12.0. The van der Waals surface area contributed by atoms with Crippen LogP contribution in [0.25, 0.3) is 0 Å². The predicted molar refractivity (Wildman–Crippen MR) is 80.5 cm³/mol. The van der Waals surface area contributed by atoms with Crippen LogP contribution in [0.1, 0.15) is 51.9 Å². The standard InChI is InChI=1S/C16H30N2O2/c1-14-5-4-9-18(11-14)10-6-15(20)17-12-16(13-19)7-2-3-8-16/h14,19H,2-13H2,1H3,(H,17,20)/t14-/m0/s1. The second kappa shape index (κ2) is 7.41. The molecule has 1 saturated carbocycles. The fraction of sp³-hybridized carbons (Fsp3) is 0.938. The van der Waals surface area contributed by atoms with Gasteiger partial charge >= 0.3 is 0 Å². The number of rotatable bonds is 6. The molecule has 0 aromatic carbocycles. The first-order valence-corrected chi connectivity index (χ1v) is 8.23. The van der Waals surface area contributed by atoms with Gasteiger partial charge in [0, 0.05) is 31.5 Å². The van der Waals surface area contributed by atoms with Crippen LogP contribution >= 0.6 is 0 Å². The summed E-state index contributed by atoms with van der Waals surface area (Å²) in [5.74, 6) is 0.908. The molecule has 0 spiro atoms. The molecule has 1 aliphatic carbocycles. The van der Waals surface area contributed by atoms with Crippen LogP contribution in [-0.2, 0) is 4.79 Å². The lowest BCUT2D eigenvalue weighted by Gasteiger charge is -2.31. The van der Waals surface area contributed by atoms with Crippen molar-refractivity contribution in [1.82, 2.24) is 10.2 Å². The van der Waals surface area contributed by atoms with Gasteiger partial charge in [0.1, 0.15) is 0 Å². The van der Waals surface area contributed by atoms with Crippen molar-refractivity contribution in [2.75, 3.05) is 32.8 Å². The molecular weight excluding hydrogens is 252 g/mol. The topological polar surface area (TPSA) is 52.6 Å². The highest BCUT2D eigenvalue weighted by molar-refractivity contribution is 5.76. The molecule has 2 fully saturated rings. The highest BCUT2D eigenvalue weighted by Gasteiger charge is 2.33. The Bertz CT molecular complexity index is 314. The molecule has 1 heterocycles. The van der Waals surface area contributed by atoms with E-state index in [0.717, 1.165) is 38.4 Å². The number of likely N-dealkylation sites (tertiary alicyclic amines) is 1. The van der Waals surface area contributed by atoms with E-state index in [1.807, 2.05) is 0 Å². The highest BCUT2D eigenvalue weighted by Crippen LogP contribution is 2.36. The summed E-state index contributed by atoms with van der Waals surface area (Å²) in [6.07, 6.45) is 7.64. The molecule has 1 amide bonds. The lowest BCUT2D eigenvalue weighted by Crippen LogP contribution is -2.41. The number of nitrogens with zero attached hydrogens (tertiary/aromatic N) is 1. The van der Waals surface area contributed by atoms with Gasteiger partial charge in [-0.1, -0.05) is 19.8 Å². The first-order valence-electron chi connectivity index (χ1n) is 8.23. The second-order valence-electron chi connectivity index (χ2n) is 6.94. The van der Waals surface area contributed by atoms with Gasteiger partial charge in [0.05, 0.1) is 6.61 Å². The van der Waals surface area contributed by atoms with Crippen LogP contribution in [0.5, 0.6) is 0 Å². The van der Waals surface area contributed by atoms with Gasteiger partial charge in [0.15, 0.2) is 0 Å². The van der Waals surface area contributed by atoms with Crippen molar-refractivity contribution in [2.24, 2.45) is 11.3 Å². The molecule has 0 aromatic heterocycles. The van der Waals surface area contributed by atoms with E-state index in [2.05, 4.69) is 17.1 Å². The van der Waals surface area contributed by atoms with Gasteiger partial charge in [0.2, 0.25) is 5.91 Å². The van der Waals surface area contributed by atoms with E-state index in [9.17, 15) is 9.90 Å². The van der Waals surface area contributed by atoms with Crippen LogP contribution < -0.4 is 5.32 Å². The molecule has 2 aliphatic rings. The number of piperidine rings is 1. The highest BCUT2D eigenvalue weighted by atomic mass is 16.3. The van der Waals surface area contributed by atoms with Crippen LogP contribution in [0.15, 0.2) is 0 Å². The summed E-state index contributed by atoms with van der Waals surface area (Å²) in [4.78, 5) is 14.4. The molecule has 2 rings (SSSR count). The van der Waals surface area contributed by atoms with E-state index in [1.54, 1.807) is 0 Å². The SMILES string of the molecule is C[C@H]1CCCN(CCC(=O)NCC2(CO)CCCC2)C1. The van der Waals surface area contributed by atoms with Crippen LogP contribution in [0, 0.1) is 11.3 Å². The first-order chi connectivity index (χ1) is 9.63. The Kier molecular flexibility index (Phi) is 5.85. The Labute approximate surface area is 122 Å². The molecule has 4 heteroatoms. The molecular formula is C16H30N2O2. The zero-order valence-electron chi connectivity index (χ0n) is 12.9. The van der Waals surface area contributed by atoms with Gasteiger partial charge in [0.25, 0.3) is 0 Å². The van der Waals surface area contributed by atoms with Crippen molar-refractivity contribution in [3.63, 3.8) is 0 Å². The van der Waals surface area contributed by atoms with E-state index < -0.39 is 0 Å². The van der Waals surface area contributed by atoms with Gasteiger partial charge < -0.3 is 15.3 Å². The third kappa shape index (κ3) is 4.45. The number of carbonyl (C=O) groups is 1. The van der Waals surface area contributed by atoms with Crippen molar-refractivity contribution >= 4 is 5.91 Å². The van der Waals surface area contributed by atoms with Gasteiger partial charge in [-0.2, -0.15) is 0 Å². The molecule has 2 N–H and O–H groups in total. The zero-order chi connectivity index (χ0) is 14.4. The summed E-state index contributed by atoms with van der Waals surface area (Å²) in [6, 6.07) is 0. The largest absolute Gasteiger partial charge is 0.396 e. The smallest absolute Gasteiger partial charge is 0.221 e. The molecule has 0 bridgehead atoms. The van der Waals surface area contributed by atoms with Crippen molar-refractivity contribution < 1.29 is 9.90 Å². The predicted octanol–water partition coefficient (Wildman–Crippen LogP) is 1.78. The van der Waals surface area contributed by atoms with Gasteiger partial charge in [-0.3, -0.25) is 4.79 Å². The van der Waals surface area contributed by atoms with Crippen molar-refractivity contribution in [3.8, 4) is 0 Å². The van der Waals surface area contributed by atoms with Gasteiger partial charge in [-0.25, -0.2) is 0 Å². The lowest BCUT2D eigenvalue weighted by molar-refractivity contribution is -0.122. The van der Waals surface area contributed by atoms with Crippen LogP contribution in [-0.4, -0.2) is 48.7 Å². The molecule has 116 valence electrons. The molecule has 1 aliphatic heterocycles. The lowest BCUT2D eigenvalue weighted by atomic mass is 9.87. The van der Waals surface area contributed by atoms with Gasteiger partial charge in [-0.05, 0) is 38.1 Å². The van der Waals surface area contributed by atoms with Crippen LogP contribution in [0.4, 0.5) is 0 Å². The molecule has 0 radical (unpaired) electrons. The summed E-state index contributed by atoms with van der Waals surface area (Å²) in [5, 5.41) is 12.6. The number of carbonyl (C=O) groups excluding carboxylic acids is 1. The summed E-state index contributed by atoms with van der Waals surface area (Å²) in [7, 11) is 0. The van der Waals surface area contributed by atoms with Gasteiger partial charge in [-0.15, -0.1) is 0 Å². The van der Waals surface area contributed by atoms with E-state index >= 15 is 0 Å². The number of aliphatic hydroxyl groups is 1. The van der Waals surface area contributed by atoms with Crippen LogP contribution in [0.2, 0.25) is 0 Å². The average Bonchev–Trinajstić information content (AvgIpc) is 2.92. The summed E-state index contributed by atoms with van der Waals surface area (Å²) >= 11 is 0. The number of amides is 1. The molecule has 4 nitrogen and oxygen atoms in total. The minimum Gasteiger partial charge on any atom is -0.396 e. The summed E-state index contributed by atoms with van der Waals surface area (Å²) < 4.78 is 0. The zero-order valence-corrected chi connectivity index (χ0v) is 12.9. The minimum atomic E-state index is -0.0324. The maximum Gasteiger partial charge on any atom is 0.221 e. The normalized spacial score (nSPS) is 26.6. The van der Waals surface area contributed by atoms with Crippen molar-refractivity contribution in [1.29, 1.82) is 0 Å². The third-order valence-corrected chi connectivity index (χ3v) is 5.06. The second-order valence-corrected chi connectivity index (χ2v) is 6.94. The molecule has 1 atom stereocenters. The Morgan fingerprint density at radius 2 is 2.10 bits per heavy atom. The molecule has 1 saturated heterocycles. The average molecular weight is 282 g/mol. The van der Waals surface area contributed by atoms with E-state index in [4.69, 9.17) is 0 Å². The first kappa shape index (κ1) is 15.8. The number of hydrogen-bond donors (Lipinski definition) is 2. The van der Waals surface area contributed by atoms with Crippen LogP contribution in [0.3, 0.4) is 0 Å². The Hall–Kier alpha value is -0.610.